The number of thioether (sulfide) groups is 1. The van der Waals surface area contributed by atoms with Crippen molar-refractivity contribution >= 4 is 17.4 Å². The van der Waals surface area contributed by atoms with Crippen LogP contribution in [0.15, 0.2) is 41.3 Å². The van der Waals surface area contributed by atoms with Gasteiger partial charge in [-0.15, -0.1) is 11.8 Å². The van der Waals surface area contributed by atoms with Crippen molar-refractivity contribution in [3.8, 4) is 6.07 Å². The van der Waals surface area contributed by atoms with Crippen molar-refractivity contribution in [3.63, 3.8) is 0 Å². The van der Waals surface area contributed by atoms with E-state index in [0.29, 0.717) is 0 Å². The Morgan fingerprint density at radius 3 is 2.43 bits per heavy atom. The van der Waals surface area contributed by atoms with Crippen LogP contribution in [-0.4, -0.2) is 4.92 Å². The number of nitro groups is 1. The molecule has 2 rings (SSSR count). The molecule has 0 radical (unpaired) electrons. The van der Waals surface area contributed by atoms with E-state index in [0.717, 1.165) is 10.6 Å². The molecular weight excluding hydrogens is 284 g/mol. The first-order valence-electron chi connectivity index (χ1n) is 6.38. The molecule has 106 valence electrons. The topological polar surface area (TPSA) is 66.9 Å². The average Bonchev–Trinajstić information content (AvgIpc) is 2.43. The van der Waals surface area contributed by atoms with Gasteiger partial charge in [0, 0.05) is 16.7 Å². The van der Waals surface area contributed by atoms with Gasteiger partial charge < -0.3 is 0 Å². The molecule has 0 saturated heterocycles. The fraction of sp³-hybridized carbons (Fsp3) is 0.188. The van der Waals surface area contributed by atoms with Crippen molar-refractivity contribution in [1.29, 1.82) is 5.26 Å². The highest BCUT2D eigenvalue weighted by Crippen LogP contribution is 2.28. The summed E-state index contributed by atoms with van der Waals surface area (Å²) in [6.45, 7) is 4.11. The van der Waals surface area contributed by atoms with Crippen LogP contribution in [-0.2, 0) is 5.75 Å². The fourth-order valence-electron chi connectivity index (χ4n) is 2.17. The lowest BCUT2D eigenvalue weighted by atomic mass is 10.1. The molecule has 0 aliphatic carbocycles. The lowest BCUT2D eigenvalue weighted by molar-refractivity contribution is -0.385. The highest BCUT2D eigenvalue weighted by Gasteiger charge is 2.13. The molecule has 0 atom stereocenters. The second kappa shape index (κ2) is 6.42. The van der Waals surface area contributed by atoms with E-state index in [-0.39, 0.29) is 11.3 Å². The summed E-state index contributed by atoms with van der Waals surface area (Å²) in [5.41, 5.74) is 3.59. The van der Waals surface area contributed by atoms with Gasteiger partial charge in [0.25, 0.3) is 5.69 Å². The number of hydrogen-bond donors (Lipinski definition) is 0. The third-order valence-corrected chi connectivity index (χ3v) is 4.04. The first-order valence-corrected chi connectivity index (χ1v) is 7.36. The Morgan fingerprint density at radius 1 is 1.19 bits per heavy atom. The molecule has 0 unspecified atom stereocenters. The zero-order chi connectivity index (χ0) is 15.4. The lowest BCUT2D eigenvalue weighted by Gasteiger charge is -2.05. The van der Waals surface area contributed by atoms with Crippen LogP contribution in [0.3, 0.4) is 0 Å². The van der Waals surface area contributed by atoms with Crippen molar-refractivity contribution < 1.29 is 4.92 Å². The van der Waals surface area contributed by atoms with Crippen LogP contribution < -0.4 is 0 Å². The predicted molar refractivity (Wildman–Crippen MR) is 83.3 cm³/mol. The molecule has 0 spiro atoms. The summed E-state index contributed by atoms with van der Waals surface area (Å²) in [6, 6.07) is 12.9. The van der Waals surface area contributed by atoms with Crippen LogP contribution in [0.1, 0.15) is 22.3 Å². The Bertz CT molecular complexity index is 715. The largest absolute Gasteiger partial charge is 0.287 e. The van der Waals surface area contributed by atoms with Crippen LogP contribution in [0.4, 0.5) is 5.69 Å². The van der Waals surface area contributed by atoms with Gasteiger partial charge in [0.2, 0.25) is 0 Å². The van der Waals surface area contributed by atoms with E-state index >= 15 is 0 Å². The highest BCUT2D eigenvalue weighted by molar-refractivity contribution is 7.98. The summed E-state index contributed by atoms with van der Waals surface area (Å²) in [5, 5.41) is 19.8. The molecule has 5 heteroatoms. The number of nitriles is 1. The van der Waals surface area contributed by atoms with Crippen LogP contribution in [0.2, 0.25) is 0 Å². The summed E-state index contributed by atoms with van der Waals surface area (Å²) in [7, 11) is 0. The summed E-state index contributed by atoms with van der Waals surface area (Å²) in [4.78, 5) is 11.1. The molecule has 2 aromatic carbocycles. The predicted octanol–water partition coefficient (Wildman–Crippen LogP) is 4.38. The van der Waals surface area contributed by atoms with Crippen LogP contribution >= 0.6 is 11.8 Å². The zero-order valence-corrected chi connectivity index (χ0v) is 12.6. The fourth-order valence-corrected chi connectivity index (χ4v) is 3.04. The smallest absolute Gasteiger partial charge is 0.258 e. The molecule has 0 amide bonds. The van der Waals surface area contributed by atoms with E-state index in [1.165, 1.54) is 22.8 Å². The number of hydrogen-bond acceptors (Lipinski definition) is 4. The number of aryl methyl sites for hydroxylation is 2. The van der Waals surface area contributed by atoms with Crippen molar-refractivity contribution in [2.75, 3.05) is 0 Å². The average molecular weight is 298 g/mol. The standard InChI is InChI=1S/C16H14N2O2S/c1-11-5-12(2)7-13(6-11)10-21-15-3-4-16(18(19)20)14(8-15)9-17/h3-8H,10H2,1-2H3. The molecule has 0 bridgehead atoms. The van der Waals surface area contributed by atoms with Crippen molar-refractivity contribution in [1.82, 2.24) is 0 Å². The van der Waals surface area contributed by atoms with E-state index < -0.39 is 4.92 Å². The van der Waals surface area contributed by atoms with E-state index in [1.807, 2.05) is 6.07 Å². The van der Waals surface area contributed by atoms with E-state index in [1.54, 1.807) is 23.9 Å². The van der Waals surface area contributed by atoms with Gasteiger partial charge in [-0.1, -0.05) is 29.3 Å². The summed E-state index contributed by atoms with van der Waals surface area (Å²) < 4.78 is 0. The molecule has 0 aliphatic rings. The van der Waals surface area contributed by atoms with Crippen molar-refractivity contribution in [3.05, 3.63) is 68.8 Å². The molecule has 4 nitrogen and oxygen atoms in total. The zero-order valence-electron chi connectivity index (χ0n) is 11.8. The number of nitro benzene ring substituents is 1. The molecule has 21 heavy (non-hydrogen) atoms. The molecule has 0 N–H and O–H groups in total. The molecule has 2 aromatic rings. The van der Waals surface area contributed by atoms with Gasteiger partial charge in [-0.3, -0.25) is 10.1 Å². The second-order valence-corrected chi connectivity index (χ2v) is 5.88. The number of benzene rings is 2. The Morgan fingerprint density at radius 2 is 1.86 bits per heavy atom. The minimum Gasteiger partial charge on any atom is -0.258 e. The van der Waals surface area contributed by atoms with Gasteiger partial charge in [0.1, 0.15) is 11.6 Å². The Balaban J connectivity index is 2.17. The van der Waals surface area contributed by atoms with Crippen molar-refractivity contribution in [2.45, 2.75) is 24.5 Å². The third kappa shape index (κ3) is 3.83. The molecule has 0 fully saturated rings. The second-order valence-electron chi connectivity index (χ2n) is 4.83. The maximum absolute atomic E-state index is 10.8. The lowest BCUT2D eigenvalue weighted by Crippen LogP contribution is -1.92. The molecular formula is C16H14N2O2S. The van der Waals surface area contributed by atoms with Gasteiger partial charge in [0.15, 0.2) is 0 Å². The Hall–Kier alpha value is -2.32. The first-order chi connectivity index (χ1) is 9.99. The summed E-state index contributed by atoms with van der Waals surface area (Å²) in [5.74, 6) is 0.769. The third-order valence-electron chi connectivity index (χ3n) is 2.97. The molecule has 0 aromatic heterocycles. The maximum Gasteiger partial charge on any atom is 0.287 e. The van der Waals surface area contributed by atoms with Gasteiger partial charge in [0.05, 0.1) is 4.92 Å². The molecule has 0 aliphatic heterocycles. The van der Waals surface area contributed by atoms with E-state index in [2.05, 4.69) is 32.0 Å². The monoisotopic (exact) mass is 298 g/mol. The van der Waals surface area contributed by atoms with Crippen LogP contribution in [0.25, 0.3) is 0 Å². The van der Waals surface area contributed by atoms with Gasteiger partial charge >= 0.3 is 0 Å². The van der Waals surface area contributed by atoms with Gasteiger partial charge in [-0.2, -0.15) is 5.26 Å². The summed E-state index contributed by atoms with van der Waals surface area (Å²) >= 11 is 1.57. The number of nitrogens with zero attached hydrogens (tertiary/aromatic N) is 2. The van der Waals surface area contributed by atoms with Crippen LogP contribution in [0, 0.1) is 35.3 Å². The first kappa shape index (κ1) is 15.1. The van der Waals surface area contributed by atoms with Gasteiger partial charge in [-0.25, -0.2) is 0 Å². The highest BCUT2D eigenvalue weighted by atomic mass is 32.2. The SMILES string of the molecule is Cc1cc(C)cc(CSc2ccc([N+](=O)[O-])c(C#N)c2)c1. The molecule has 0 heterocycles. The van der Waals surface area contributed by atoms with Crippen LogP contribution in [0.5, 0.6) is 0 Å². The van der Waals surface area contributed by atoms with Gasteiger partial charge in [-0.05, 0) is 31.5 Å². The van der Waals surface area contributed by atoms with E-state index in [9.17, 15) is 10.1 Å². The number of rotatable bonds is 4. The quantitative estimate of drug-likeness (QED) is 0.477. The summed E-state index contributed by atoms with van der Waals surface area (Å²) in [6.07, 6.45) is 0. The Kier molecular flexibility index (Phi) is 4.61. The Labute approximate surface area is 127 Å². The minimum atomic E-state index is -0.531. The minimum absolute atomic E-state index is 0.102. The molecule has 0 saturated carbocycles. The van der Waals surface area contributed by atoms with E-state index in [4.69, 9.17) is 5.26 Å². The van der Waals surface area contributed by atoms with Crippen molar-refractivity contribution in [2.24, 2.45) is 0 Å². The normalized spacial score (nSPS) is 10.1. The maximum atomic E-state index is 10.8.